The molecule has 0 amide bonds. The van der Waals surface area contributed by atoms with Crippen molar-refractivity contribution < 1.29 is 5.11 Å². The fourth-order valence-corrected chi connectivity index (χ4v) is 2.71. The van der Waals surface area contributed by atoms with Crippen molar-refractivity contribution in [3.63, 3.8) is 0 Å². The molecule has 0 radical (unpaired) electrons. The van der Waals surface area contributed by atoms with Crippen molar-refractivity contribution in [3.8, 4) is 0 Å². The molecule has 0 aliphatic heterocycles. The highest BCUT2D eigenvalue weighted by atomic mass is 32.2. The van der Waals surface area contributed by atoms with Crippen molar-refractivity contribution in [1.29, 1.82) is 0 Å². The van der Waals surface area contributed by atoms with Gasteiger partial charge in [-0.2, -0.15) is 11.8 Å². The molecule has 0 saturated carbocycles. The van der Waals surface area contributed by atoms with Gasteiger partial charge in [0.05, 0.1) is 6.61 Å². The largest absolute Gasteiger partial charge is 0.396 e. The summed E-state index contributed by atoms with van der Waals surface area (Å²) in [5.74, 6) is 2.55. The molecule has 1 aromatic heterocycles. The van der Waals surface area contributed by atoms with E-state index in [0.717, 1.165) is 23.9 Å². The summed E-state index contributed by atoms with van der Waals surface area (Å²) in [5, 5.41) is 12.2. The maximum Gasteiger partial charge on any atom is 0.126 e. The van der Waals surface area contributed by atoms with Gasteiger partial charge in [0.1, 0.15) is 5.82 Å². The second-order valence-corrected chi connectivity index (χ2v) is 6.35. The van der Waals surface area contributed by atoms with Crippen molar-refractivity contribution in [1.82, 2.24) is 4.98 Å². The van der Waals surface area contributed by atoms with Crippen molar-refractivity contribution in [3.05, 3.63) is 53.7 Å². The third kappa shape index (κ3) is 5.24. The Kier molecular flexibility index (Phi) is 6.55. The van der Waals surface area contributed by atoms with Gasteiger partial charge in [-0.1, -0.05) is 12.1 Å². The van der Waals surface area contributed by atoms with Crippen LogP contribution in [0.5, 0.6) is 0 Å². The Bertz CT molecular complexity index is 572. The number of nitrogens with zero attached hydrogens (tertiary/aromatic N) is 2. The number of aliphatic hydroxyl groups excluding tert-OH is 1. The van der Waals surface area contributed by atoms with Gasteiger partial charge in [-0.3, -0.25) is 0 Å². The molecular weight excluding hydrogens is 294 g/mol. The van der Waals surface area contributed by atoms with Crippen LogP contribution >= 0.6 is 11.8 Å². The van der Waals surface area contributed by atoms with E-state index in [-0.39, 0.29) is 6.61 Å². The molecule has 1 heterocycles. The lowest BCUT2D eigenvalue weighted by Crippen LogP contribution is -2.08. The van der Waals surface area contributed by atoms with E-state index in [0.29, 0.717) is 0 Å². The van der Waals surface area contributed by atoms with Crippen LogP contribution in [-0.2, 0) is 12.3 Å². The number of thioether (sulfide) groups is 1. The van der Waals surface area contributed by atoms with Gasteiger partial charge < -0.3 is 15.3 Å². The highest BCUT2D eigenvalue weighted by Gasteiger charge is 2.00. The summed E-state index contributed by atoms with van der Waals surface area (Å²) in [6, 6.07) is 12.6. The highest BCUT2D eigenvalue weighted by molar-refractivity contribution is 7.98. The number of anilines is 2. The molecule has 0 spiro atoms. The first-order chi connectivity index (χ1) is 10.7. The second kappa shape index (κ2) is 8.66. The van der Waals surface area contributed by atoms with Crippen LogP contribution in [0.1, 0.15) is 11.1 Å². The topological polar surface area (TPSA) is 48.4 Å². The van der Waals surface area contributed by atoms with E-state index in [1.807, 2.05) is 26.4 Å². The van der Waals surface area contributed by atoms with Gasteiger partial charge in [0, 0.05) is 44.0 Å². The second-order valence-electron chi connectivity index (χ2n) is 5.24. The van der Waals surface area contributed by atoms with Crippen molar-refractivity contribution >= 4 is 23.3 Å². The van der Waals surface area contributed by atoms with E-state index in [1.54, 1.807) is 11.8 Å². The lowest BCUT2D eigenvalue weighted by Gasteiger charge is -2.13. The smallest absolute Gasteiger partial charge is 0.126 e. The minimum absolute atomic E-state index is 0.226. The molecule has 1 aromatic carbocycles. The molecule has 22 heavy (non-hydrogen) atoms. The number of nitrogens with one attached hydrogen (secondary N) is 1. The van der Waals surface area contributed by atoms with Crippen LogP contribution in [-0.4, -0.2) is 36.5 Å². The van der Waals surface area contributed by atoms with Crippen LogP contribution in [0.3, 0.4) is 0 Å². The number of hydrogen-bond donors (Lipinski definition) is 2. The first-order valence-corrected chi connectivity index (χ1v) is 8.48. The minimum atomic E-state index is 0.226. The first kappa shape index (κ1) is 16.6. The Hall–Kier alpha value is -1.72. The van der Waals surface area contributed by atoms with Crippen molar-refractivity contribution in [2.24, 2.45) is 0 Å². The van der Waals surface area contributed by atoms with Gasteiger partial charge in [0.15, 0.2) is 0 Å². The number of pyridine rings is 1. The molecule has 0 atom stereocenters. The van der Waals surface area contributed by atoms with Crippen molar-refractivity contribution in [2.75, 3.05) is 36.7 Å². The van der Waals surface area contributed by atoms with Crippen LogP contribution in [0.15, 0.2) is 42.6 Å². The predicted molar refractivity (Wildman–Crippen MR) is 95.6 cm³/mol. The summed E-state index contributed by atoms with van der Waals surface area (Å²) in [6.45, 7) is 0.984. The van der Waals surface area contributed by atoms with Crippen LogP contribution in [0, 0.1) is 0 Å². The van der Waals surface area contributed by atoms with E-state index >= 15 is 0 Å². The van der Waals surface area contributed by atoms with Gasteiger partial charge in [-0.15, -0.1) is 0 Å². The standard InChI is InChI=1S/C17H23N3OS/c1-20(2)16-5-3-14(4-6-16)12-19-17-11-15(7-8-18-17)13-22-10-9-21/h3-8,11,21H,9-10,12-13H2,1-2H3,(H,18,19). The average molecular weight is 317 g/mol. The SMILES string of the molecule is CN(C)c1ccc(CNc2cc(CSCCO)ccn2)cc1. The maximum atomic E-state index is 8.81. The number of aliphatic hydroxyl groups is 1. The Morgan fingerprint density at radius 2 is 1.91 bits per heavy atom. The molecule has 0 saturated heterocycles. The maximum absolute atomic E-state index is 8.81. The van der Waals surface area contributed by atoms with Crippen LogP contribution in [0.25, 0.3) is 0 Å². The Morgan fingerprint density at radius 1 is 1.14 bits per heavy atom. The molecule has 0 aliphatic rings. The Morgan fingerprint density at radius 3 is 2.59 bits per heavy atom. The fraction of sp³-hybridized carbons (Fsp3) is 0.353. The van der Waals surface area contributed by atoms with Crippen LogP contribution in [0.2, 0.25) is 0 Å². The molecule has 118 valence electrons. The Labute approximate surface area is 136 Å². The van der Waals surface area contributed by atoms with Gasteiger partial charge >= 0.3 is 0 Å². The minimum Gasteiger partial charge on any atom is -0.396 e. The predicted octanol–water partition coefficient (Wildman–Crippen LogP) is 2.99. The summed E-state index contributed by atoms with van der Waals surface area (Å²) < 4.78 is 0. The normalized spacial score (nSPS) is 10.5. The van der Waals surface area contributed by atoms with Gasteiger partial charge in [-0.25, -0.2) is 4.98 Å². The zero-order valence-electron chi connectivity index (χ0n) is 13.1. The van der Waals surface area contributed by atoms with Crippen LogP contribution < -0.4 is 10.2 Å². The molecule has 5 heteroatoms. The third-order valence-electron chi connectivity index (χ3n) is 3.26. The fourth-order valence-electron chi connectivity index (χ4n) is 2.02. The quantitative estimate of drug-likeness (QED) is 0.733. The molecule has 4 nitrogen and oxygen atoms in total. The molecular formula is C17H23N3OS. The van der Waals surface area contributed by atoms with Gasteiger partial charge in [-0.05, 0) is 35.4 Å². The average Bonchev–Trinajstić information content (AvgIpc) is 2.54. The summed E-state index contributed by atoms with van der Waals surface area (Å²) in [4.78, 5) is 6.44. The zero-order valence-corrected chi connectivity index (χ0v) is 13.9. The molecule has 2 rings (SSSR count). The third-order valence-corrected chi connectivity index (χ3v) is 4.26. The monoisotopic (exact) mass is 317 g/mol. The zero-order chi connectivity index (χ0) is 15.8. The molecule has 0 bridgehead atoms. The number of benzene rings is 1. The number of hydrogen-bond acceptors (Lipinski definition) is 5. The summed E-state index contributed by atoms with van der Waals surface area (Å²) >= 11 is 1.72. The number of aromatic nitrogens is 1. The summed E-state index contributed by atoms with van der Waals surface area (Å²) in [5.41, 5.74) is 3.65. The van der Waals surface area contributed by atoms with Crippen LogP contribution in [0.4, 0.5) is 11.5 Å². The molecule has 2 aromatic rings. The molecule has 0 fully saturated rings. The van der Waals surface area contributed by atoms with Gasteiger partial charge in [0.25, 0.3) is 0 Å². The Balaban J connectivity index is 1.89. The summed E-state index contributed by atoms with van der Waals surface area (Å²) in [7, 11) is 4.08. The van der Waals surface area contributed by atoms with E-state index in [2.05, 4.69) is 45.5 Å². The number of rotatable bonds is 8. The van der Waals surface area contributed by atoms with E-state index in [1.165, 1.54) is 16.8 Å². The van der Waals surface area contributed by atoms with Crippen molar-refractivity contribution in [2.45, 2.75) is 12.3 Å². The molecule has 0 unspecified atom stereocenters. The summed E-state index contributed by atoms with van der Waals surface area (Å²) in [6.07, 6.45) is 1.83. The van der Waals surface area contributed by atoms with E-state index in [4.69, 9.17) is 5.11 Å². The lowest BCUT2D eigenvalue weighted by atomic mass is 10.2. The van der Waals surface area contributed by atoms with E-state index < -0.39 is 0 Å². The molecule has 2 N–H and O–H groups in total. The van der Waals surface area contributed by atoms with E-state index in [9.17, 15) is 0 Å². The molecule has 0 aliphatic carbocycles. The van der Waals surface area contributed by atoms with Gasteiger partial charge in [0.2, 0.25) is 0 Å². The highest BCUT2D eigenvalue weighted by Crippen LogP contribution is 2.16. The lowest BCUT2D eigenvalue weighted by molar-refractivity contribution is 0.322. The first-order valence-electron chi connectivity index (χ1n) is 7.32.